The Balaban J connectivity index is 1.13. The third kappa shape index (κ3) is 4.61. The van der Waals surface area contributed by atoms with Crippen molar-refractivity contribution in [2.45, 2.75) is 0 Å². The minimum Gasteiger partial charge on any atom is -0.0616 e. The summed E-state index contributed by atoms with van der Waals surface area (Å²) in [5.74, 6) is 0. The van der Waals surface area contributed by atoms with Gasteiger partial charge in [0.1, 0.15) is 0 Å². The first-order valence-electron chi connectivity index (χ1n) is 17.3. The van der Waals surface area contributed by atoms with E-state index in [1.54, 1.807) is 0 Å². The maximum Gasteiger partial charge on any atom is -0.00262 e. The minimum atomic E-state index is 1.22. The van der Waals surface area contributed by atoms with Crippen LogP contribution in [0.1, 0.15) is 0 Å². The summed E-state index contributed by atoms with van der Waals surface area (Å²) >= 11 is 0. The molecular weight excluding hydrogens is 601 g/mol. The fourth-order valence-corrected chi connectivity index (χ4v) is 8.08. The Hall–Kier alpha value is -6.50. The van der Waals surface area contributed by atoms with Crippen LogP contribution in [0.2, 0.25) is 0 Å². The second kappa shape index (κ2) is 11.6. The fraction of sp³-hybridized carbons (Fsp3) is 0. The second-order valence-electron chi connectivity index (χ2n) is 13.2. The lowest BCUT2D eigenvalue weighted by atomic mass is 9.85. The second-order valence-corrected chi connectivity index (χ2v) is 13.2. The van der Waals surface area contributed by atoms with Crippen LogP contribution < -0.4 is 0 Å². The lowest BCUT2D eigenvalue weighted by molar-refractivity contribution is 1.62. The summed E-state index contributed by atoms with van der Waals surface area (Å²) in [7, 11) is 0. The summed E-state index contributed by atoms with van der Waals surface area (Å²) in [6.45, 7) is 0. The van der Waals surface area contributed by atoms with E-state index < -0.39 is 0 Å². The van der Waals surface area contributed by atoms with Crippen molar-refractivity contribution >= 4 is 53.9 Å². The molecule has 10 rings (SSSR count). The van der Waals surface area contributed by atoms with E-state index in [0.29, 0.717) is 0 Å². The summed E-state index contributed by atoms with van der Waals surface area (Å²) in [5.41, 5.74) is 9.96. The summed E-state index contributed by atoms with van der Waals surface area (Å²) in [6, 6.07) is 71.3. The van der Waals surface area contributed by atoms with Gasteiger partial charge in [-0.25, -0.2) is 0 Å². The van der Waals surface area contributed by atoms with Crippen LogP contribution in [0.25, 0.3) is 98.4 Å². The molecule has 0 aliphatic carbocycles. The van der Waals surface area contributed by atoms with Gasteiger partial charge in [-0.15, -0.1) is 0 Å². The SMILES string of the molecule is c1cc(-c2cccc3ccccc23)cc(-c2c3ccccc3c(-c3ccc(-c4ccc5ccc6ccccc6c5c4)cc3)c3ccccc23)c1. The molecule has 10 aromatic carbocycles. The average molecular weight is 633 g/mol. The van der Waals surface area contributed by atoms with Crippen molar-refractivity contribution in [3.05, 3.63) is 194 Å². The number of rotatable bonds is 4. The van der Waals surface area contributed by atoms with E-state index in [4.69, 9.17) is 0 Å². The van der Waals surface area contributed by atoms with Gasteiger partial charge in [0.15, 0.2) is 0 Å². The molecule has 0 heteroatoms. The molecule has 0 unspecified atom stereocenters. The highest BCUT2D eigenvalue weighted by Gasteiger charge is 2.17. The molecule has 0 fully saturated rings. The van der Waals surface area contributed by atoms with Crippen LogP contribution in [0.4, 0.5) is 0 Å². The van der Waals surface area contributed by atoms with Crippen LogP contribution in [0, 0.1) is 0 Å². The molecule has 0 bridgehead atoms. The molecule has 0 radical (unpaired) electrons. The van der Waals surface area contributed by atoms with Crippen molar-refractivity contribution in [1.82, 2.24) is 0 Å². The molecule has 0 aliphatic rings. The Kier molecular flexibility index (Phi) is 6.60. The molecule has 0 saturated carbocycles. The summed E-state index contributed by atoms with van der Waals surface area (Å²) < 4.78 is 0. The Morgan fingerprint density at radius 2 is 0.640 bits per heavy atom. The highest BCUT2D eigenvalue weighted by Crippen LogP contribution is 2.45. The van der Waals surface area contributed by atoms with E-state index in [1.807, 2.05) is 0 Å². The summed E-state index contributed by atoms with van der Waals surface area (Å²) in [4.78, 5) is 0. The van der Waals surface area contributed by atoms with Crippen molar-refractivity contribution in [1.29, 1.82) is 0 Å². The van der Waals surface area contributed by atoms with E-state index in [-0.39, 0.29) is 0 Å². The molecular formula is C50H32. The quantitative estimate of drug-likeness (QED) is 0.134. The third-order valence-corrected chi connectivity index (χ3v) is 10.4. The van der Waals surface area contributed by atoms with Gasteiger partial charge in [0, 0.05) is 0 Å². The van der Waals surface area contributed by atoms with Crippen molar-refractivity contribution in [3.63, 3.8) is 0 Å². The third-order valence-electron chi connectivity index (χ3n) is 10.4. The molecule has 0 nitrogen and oxygen atoms in total. The smallest absolute Gasteiger partial charge is 0.00262 e. The Bertz CT molecular complexity index is 2850. The van der Waals surface area contributed by atoms with Gasteiger partial charge in [-0.3, -0.25) is 0 Å². The molecule has 0 atom stereocenters. The first-order chi connectivity index (χ1) is 24.8. The van der Waals surface area contributed by atoms with E-state index >= 15 is 0 Å². The first kappa shape index (κ1) is 28.5. The Morgan fingerprint density at radius 3 is 1.32 bits per heavy atom. The maximum atomic E-state index is 2.37. The van der Waals surface area contributed by atoms with Gasteiger partial charge < -0.3 is 0 Å². The zero-order valence-electron chi connectivity index (χ0n) is 27.5. The monoisotopic (exact) mass is 632 g/mol. The number of hydrogen-bond acceptors (Lipinski definition) is 0. The highest BCUT2D eigenvalue weighted by atomic mass is 14.2. The van der Waals surface area contributed by atoms with Crippen molar-refractivity contribution in [3.8, 4) is 44.5 Å². The number of hydrogen-bond donors (Lipinski definition) is 0. The zero-order chi connectivity index (χ0) is 33.0. The summed E-state index contributed by atoms with van der Waals surface area (Å²) in [6.07, 6.45) is 0. The summed E-state index contributed by atoms with van der Waals surface area (Å²) in [5, 5.41) is 12.7. The number of fused-ring (bicyclic) bond motifs is 6. The van der Waals surface area contributed by atoms with Crippen molar-refractivity contribution in [2.24, 2.45) is 0 Å². The highest BCUT2D eigenvalue weighted by molar-refractivity contribution is 6.21. The molecule has 0 spiro atoms. The maximum absolute atomic E-state index is 2.37. The molecule has 0 N–H and O–H groups in total. The molecule has 50 heavy (non-hydrogen) atoms. The Morgan fingerprint density at radius 1 is 0.200 bits per heavy atom. The van der Waals surface area contributed by atoms with Crippen LogP contribution >= 0.6 is 0 Å². The van der Waals surface area contributed by atoms with Crippen LogP contribution in [-0.4, -0.2) is 0 Å². The topological polar surface area (TPSA) is 0 Å². The van der Waals surface area contributed by atoms with Crippen molar-refractivity contribution < 1.29 is 0 Å². The lowest BCUT2D eigenvalue weighted by Gasteiger charge is -2.18. The standard InChI is InChI=1S/C50H32/c1-3-16-41-34(11-1)13-10-22-43(41)39-14-9-15-40(31-39)50-46-20-7-5-18-44(46)49(45-19-6-8-21-47(45)50)37-28-23-33(24-29-37)38-30-27-36-26-25-35-12-2-4-17-42(35)48(36)32-38/h1-32H. The van der Waals surface area contributed by atoms with E-state index in [2.05, 4.69) is 194 Å². The predicted molar refractivity (Wildman–Crippen MR) is 216 cm³/mol. The van der Waals surface area contributed by atoms with Crippen molar-refractivity contribution in [2.75, 3.05) is 0 Å². The van der Waals surface area contributed by atoms with E-state index in [1.165, 1.54) is 98.4 Å². The van der Waals surface area contributed by atoms with Crippen LogP contribution in [0.5, 0.6) is 0 Å². The molecule has 232 valence electrons. The van der Waals surface area contributed by atoms with Gasteiger partial charge in [0.25, 0.3) is 0 Å². The molecule has 0 amide bonds. The molecule has 10 aromatic rings. The van der Waals surface area contributed by atoms with Gasteiger partial charge in [0.05, 0.1) is 0 Å². The molecule has 0 saturated heterocycles. The zero-order valence-corrected chi connectivity index (χ0v) is 27.5. The number of benzene rings is 10. The van der Waals surface area contributed by atoms with Gasteiger partial charge in [0.2, 0.25) is 0 Å². The molecule has 0 aromatic heterocycles. The predicted octanol–water partition coefficient (Wildman–Crippen LogP) is 14.1. The van der Waals surface area contributed by atoms with Crippen LogP contribution in [0.15, 0.2) is 194 Å². The minimum absolute atomic E-state index is 1.22. The normalized spacial score (nSPS) is 11.6. The average Bonchev–Trinajstić information content (AvgIpc) is 3.19. The van der Waals surface area contributed by atoms with Gasteiger partial charge in [-0.05, 0) is 111 Å². The van der Waals surface area contributed by atoms with E-state index in [9.17, 15) is 0 Å². The van der Waals surface area contributed by atoms with Gasteiger partial charge >= 0.3 is 0 Å². The van der Waals surface area contributed by atoms with Crippen LogP contribution in [-0.2, 0) is 0 Å². The van der Waals surface area contributed by atoms with Crippen LogP contribution in [0.3, 0.4) is 0 Å². The largest absolute Gasteiger partial charge is 0.0616 e. The van der Waals surface area contributed by atoms with Gasteiger partial charge in [-0.2, -0.15) is 0 Å². The molecule has 0 heterocycles. The first-order valence-corrected chi connectivity index (χ1v) is 17.3. The Labute approximate surface area is 291 Å². The fourth-order valence-electron chi connectivity index (χ4n) is 8.08. The molecule has 0 aliphatic heterocycles. The van der Waals surface area contributed by atoms with E-state index in [0.717, 1.165) is 0 Å². The lowest BCUT2D eigenvalue weighted by Crippen LogP contribution is -1.91. The van der Waals surface area contributed by atoms with Gasteiger partial charge in [-0.1, -0.05) is 182 Å².